The smallest absolute Gasteiger partial charge is 0.260 e. The van der Waals surface area contributed by atoms with E-state index in [4.69, 9.17) is 12.2 Å². The van der Waals surface area contributed by atoms with E-state index in [0.717, 1.165) is 10.2 Å². The molecule has 5 nitrogen and oxygen atoms in total. The fourth-order valence-electron chi connectivity index (χ4n) is 2.91. The van der Waals surface area contributed by atoms with E-state index in [0.29, 0.717) is 23.4 Å². The number of benzene rings is 3. The van der Waals surface area contributed by atoms with Crippen molar-refractivity contribution in [3.05, 3.63) is 94.5 Å². The topological polar surface area (TPSA) is 61.4 Å². The molecule has 0 saturated carbocycles. The van der Waals surface area contributed by atoms with Crippen LogP contribution in [0.15, 0.2) is 83.3 Å². The average Bonchev–Trinajstić information content (AvgIpc) is 2.75. The maximum atomic E-state index is 13.2. The number of hydrogen-bond acceptors (Lipinski definition) is 3. The van der Waals surface area contributed by atoms with E-state index in [1.807, 2.05) is 37.3 Å². The first kappa shape index (κ1) is 21.7. The van der Waals surface area contributed by atoms with Gasteiger partial charge >= 0.3 is 0 Å². The summed E-state index contributed by atoms with van der Waals surface area (Å²) in [5.74, 6) is -0.489. The Bertz CT molecular complexity index is 1060. The van der Waals surface area contributed by atoms with E-state index in [-0.39, 0.29) is 16.9 Å². The molecule has 7 heteroatoms. The molecule has 0 aromatic heterocycles. The van der Waals surface area contributed by atoms with Crippen LogP contribution in [0.1, 0.15) is 27.6 Å². The van der Waals surface area contributed by atoms with Crippen molar-refractivity contribution < 1.29 is 9.59 Å². The summed E-state index contributed by atoms with van der Waals surface area (Å²) in [6.45, 7) is 2.44. The van der Waals surface area contributed by atoms with Crippen LogP contribution < -0.4 is 15.5 Å². The van der Waals surface area contributed by atoms with Gasteiger partial charge in [-0.05, 0) is 67.7 Å². The maximum Gasteiger partial charge on any atom is 0.260 e. The highest BCUT2D eigenvalue weighted by Crippen LogP contribution is 2.22. The summed E-state index contributed by atoms with van der Waals surface area (Å²) >= 11 is 8.63. The minimum Gasteiger partial charge on any atom is -0.332 e. The van der Waals surface area contributed by atoms with Crippen molar-refractivity contribution in [2.45, 2.75) is 6.92 Å². The monoisotopic (exact) mass is 481 g/mol. The molecule has 152 valence electrons. The highest BCUT2D eigenvalue weighted by molar-refractivity contribution is 9.10. The molecule has 0 spiro atoms. The number of thiocarbonyl (C=S) groups is 1. The average molecular weight is 482 g/mol. The number of para-hydroxylation sites is 2. The van der Waals surface area contributed by atoms with Gasteiger partial charge in [0.15, 0.2) is 5.11 Å². The number of rotatable bonds is 5. The number of carbonyl (C=O) groups excluding carboxylic acids is 2. The Morgan fingerprint density at radius 2 is 1.57 bits per heavy atom. The van der Waals surface area contributed by atoms with Crippen LogP contribution in [0, 0.1) is 0 Å². The number of halogens is 1. The van der Waals surface area contributed by atoms with Crippen LogP contribution in [-0.2, 0) is 0 Å². The van der Waals surface area contributed by atoms with Crippen LogP contribution in [0.25, 0.3) is 0 Å². The standard InChI is InChI=1S/C23H20BrN3O2S/c1-2-27(18-8-4-3-5-9-18)22(29)19-10-6-7-11-20(19)25-23(30)26-21(28)16-12-14-17(24)15-13-16/h3-15H,2H2,1H3,(H2,25,26,28,30). The molecule has 3 aromatic rings. The van der Waals surface area contributed by atoms with Gasteiger partial charge in [-0.2, -0.15) is 0 Å². The zero-order valence-electron chi connectivity index (χ0n) is 16.3. The summed E-state index contributed by atoms with van der Waals surface area (Å²) in [4.78, 5) is 27.3. The van der Waals surface area contributed by atoms with Gasteiger partial charge in [0.1, 0.15) is 0 Å². The molecule has 0 saturated heterocycles. The molecule has 0 atom stereocenters. The van der Waals surface area contributed by atoms with Crippen molar-refractivity contribution in [2.75, 3.05) is 16.8 Å². The Balaban J connectivity index is 1.76. The quantitative estimate of drug-likeness (QED) is 0.489. The van der Waals surface area contributed by atoms with E-state index in [1.165, 1.54) is 0 Å². The van der Waals surface area contributed by atoms with Crippen molar-refractivity contribution >= 4 is 56.4 Å². The zero-order chi connectivity index (χ0) is 21.5. The largest absolute Gasteiger partial charge is 0.332 e. The third-order valence-electron chi connectivity index (χ3n) is 4.37. The third-order valence-corrected chi connectivity index (χ3v) is 5.10. The fraction of sp³-hybridized carbons (Fsp3) is 0.0870. The minimum atomic E-state index is -0.330. The van der Waals surface area contributed by atoms with Crippen molar-refractivity contribution in [2.24, 2.45) is 0 Å². The molecule has 0 aliphatic rings. The lowest BCUT2D eigenvalue weighted by Crippen LogP contribution is -2.35. The molecule has 0 bridgehead atoms. The lowest BCUT2D eigenvalue weighted by atomic mass is 10.1. The molecule has 0 heterocycles. The molecule has 2 N–H and O–H groups in total. The molecule has 3 rings (SSSR count). The predicted molar refractivity (Wildman–Crippen MR) is 128 cm³/mol. The van der Waals surface area contributed by atoms with E-state index in [1.54, 1.807) is 53.4 Å². The van der Waals surface area contributed by atoms with E-state index < -0.39 is 0 Å². The van der Waals surface area contributed by atoms with E-state index in [2.05, 4.69) is 26.6 Å². The normalized spacial score (nSPS) is 10.2. The summed E-state index contributed by atoms with van der Waals surface area (Å²) in [6, 6.07) is 23.5. The summed E-state index contributed by atoms with van der Waals surface area (Å²) in [6.07, 6.45) is 0. The molecule has 30 heavy (non-hydrogen) atoms. The third kappa shape index (κ3) is 5.31. The van der Waals surface area contributed by atoms with Crippen LogP contribution in [0.3, 0.4) is 0 Å². The van der Waals surface area contributed by atoms with Crippen molar-refractivity contribution in [3.8, 4) is 0 Å². The first-order chi connectivity index (χ1) is 14.5. The Kier molecular flexibility index (Phi) is 7.32. The molecule has 3 aromatic carbocycles. The number of nitrogens with zero attached hydrogens (tertiary/aromatic N) is 1. The maximum absolute atomic E-state index is 13.2. The molecular formula is C23H20BrN3O2S. The molecule has 0 aliphatic carbocycles. The van der Waals surface area contributed by atoms with Crippen LogP contribution in [0.4, 0.5) is 11.4 Å². The number of hydrogen-bond donors (Lipinski definition) is 2. The Hall–Kier alpha value is -3.03. The van der Waals surface area contributed by atoms with Crippen molar-refractivity contribution in [1.29, 1.82) is 0 Å². The Morgan fingerprint density at radius 1 is 0.933 bits per heavy atom. The minimum absolute atomic E-state index is 0.117. The second-order valence-corrected chi connectivity index (χ2v) is 7.67. The number of amides is 2. The van der Waals surface area contributed by atoms with Crippen LogP contribution in [-0.4, -0.2) is 23.5 Å². The summed E-state index contributed by atoms with van der Waals surface area (Å²) in [5, 5.41) is 5.74. The first-order valence-electron chi connectivity index (χ1n) is 9.33. The van der Waals surface area contributed by atoms with E-state index in [9.17, 15) is 9.59 Å². The Morgan fingerprint density at radius 3 is 2.23 bits per heavy atom. The Labute approximate surface area is 189 Å². The van der Waals surface area contributed by atoms with Gasteiger partial charge in [0, 0.05) is 22.3 Å². The lowest BCUT2D eigenvalue weighted by Gasteiger charge is -2.23. The first-order valence-corrected chi connectivity index (χ1v) is 10.5. The zero-order valence-corrected chi connectivity index (χ0v) is 18.7. The second-order valence-electron chi connectivity index (χ2n) is 6.35. The molecule has 0 radical (unpaired) electrons. The van der Waals surface area contributed by atoms with Crippen LogP contribution in [0.5, 0.6) is 0 Å². The van der Waals surface area contributed by atoms with E-state index >= 15 is 0 Å². The predicted octanol–water partition coefficient (Wildman–Crippen LogP) is 5.24. The van der Waals surface area contributed by atoms with Crippen LogP contribution >= 0.6 is 28.1 Å². The summed E-state index contributed by atoms with van der Waals surface area (Å²) < 4.78 is 0.881. The van der Waals surface area contributed by atoms with Crippen molar-refractivity contribution in [3.63, 3.8) is 0 Å². The van der Waals surface area contributed by atoms with Gasteiger partial charge < -0.3 is 10.2 Å². The highest BCUT2D eigenvalue weighted by atomic mass is 79.9. The molecule has 0 fully saturated rings. The number of carbonyl (C=O) groups is 2. The molecule has 2 amide bonds. The lowest BCUT2D eigenvalue weighted by molar-refractivity contribution is 0.0974. The molecular weight excluding hydrogens is 462 g/mol. The SMILES string of the molecule is CCN(C(=O)c1ccccc1NC(=S)NC(=O)c1ccc(Br)cc1)c1ccccc1. The second kappa shape index (κ2) is 10.1. The van der Waals surface area contributed by atoms with Crippen molar-refractivity contribution in [1.82, 2.24) is 5.32 Å². The van der Waals surface area contributed by atoms with Gasteiger partial charge in [-0.25, -0.2) is 0 Å². The van der Waals surface area contributed by atoms with Gasteiger partial charge in [-0.15, -0.1) is 0 Å². The van der Waals surface area contributed by atoms with Gasteiger partial charge in [0.05, 0.1) is 11.3 Å². The number of anilines is 2. The van der Waals surface area contributed by atoms with Gasteiger partial charge in [-0.3, -0.25) is 14.9 Å². The molecule has 0 aliphatic heterocycles. The fourth-order valence-corrected chi connectivity index (χ4v) is 3.37. The highest BCUT2D eigenvalue weighted by Gasteiger charge is 2.19. The van der Waals surface area contributed by atoms with Crippen LogP contribution in [0.2, 0.25) is 0 Å². The summed E-state index contributed by atoms with van der Waals surface area (Å²) in [5.41, 5.74) is 2.28. The van der Waals surface area contributed by atoms with Gasteiger partial charge in [-0.1, -0.05) is 46.3 Å². The summed E-state index contributed by atoms with van der Waals surface area (Å²) in [7, 11) is 0. The number of nitrogens with one attached hydrogen (secondary N) is 2. The molecule has 0 unspecified atom stereocenters. The van der Waals surface area contributed by atoms with Gasteiger partial charge in [0.2, 0.25) is 0 Å². The van der Waals surface area contributed by atoms with Gasteiger partial charge in [0.25, 0.3) is 11.8 Å².